The first-order valence-corrected chi connectivity index (χ1v) is 15.8. The molecule has 0 aliphatic carbocycles. The molecule has 1 saturated heterocycles. The Morgan fingerprint density at radius 1 is 1.04 bits per heavy atom. The molecule has 0 radical (unpaired) electrons. The van der Waals surface area contributed by atoms with E-state index in [0.29, 0.717) is 47.6 Å². The van der Waals surface area contributed by atoms with Crippen molar-refractivity contribution in [2.24, 2.45) is 13.0 Å². The maximum absolute atomic E-state index is 13.7. The Hall–Kier alpha value is -5.80. The number of nitrogens with one attached hydrogen (secondary N) is 2. The fraction of sp³-hybridized carbons (Fsp3) is 0.278. The fourth-order valence-electron chi connectivity index (χ4n) is 6.20. The number of rotatable bonds is 9. The molecule has 12 heteroatoms. The molecule has 5 aromatic rings. The third-order valence-electron chi connectivity index (χ3n) is 8.71. The lowest BCUT2D eigenvalue weighted by atomic mass is 9.85. The first-order chi connectivity index (χ1) is 23.1. The fourth-order valence-corrected chi connectivity index (χ4v) is 6.20. The number of carbonyl (C=O) groups excluding carboxylic acids is 1. The minimum absolute atomic E-state index is 0.00908. The SMILES string of the molecule is C[C@H]1[C@@H](C(C)(C)O)CCN1c1nc(Nc2ccc(N(C(=O)NCc3ccccc3)c3ccc(-c4cnn(C)c4)cn3)cc2)ncc1C#N. The Morgan fingerprint density at radius 2 is 1.81 bits per heavy atom. The van der Waals surface area contributed by atoms with Gasteiger partial charge in [0.2, 0.25) is 5.95 Å². The van der Waals surface area contributed by atoms with Gasteiger partial charge >= 0.3 is 6.03 Å². The van der Waals surface area contributed by atoms with E-state index in [2.05, 4.69) is 36.7 Å². The van der Waals surface area contributed by atoms with Crippen LogP contribution < -0.4 is 20.4 Å². The summed E-state index contributed by atoms with van der Waals surface area (Å²) >= 11 is 0. The van der Waals surface area contributed by atoms with Crippen molar-refractivity contribution in [2.75, 3.05) is 21.7 Å². The van der Waals surface area contributed by atoms with Crippen molar-refractivity contribution in [1.82, 2.24) is 30.0 Å². The topological polar surface area (TPSA) is 148 Å². The van der Waals surface area contributed by atoms with Crippen LogP contribution in [0.2, 0.25) is 0 Å². The number of urea groups is 1. The van der Waals surface area contributed by atoms with Gasteiger partial charge in [0.25, 0.3) is 0 Å². The third kappa shape index (κ3) is 6.96. The van der Waals surface area contributed by atoms with Gasteiger partial charge in [-0.05, 0) is 69.2 Å². The Bertz CT molecular complexity index is 1910. The Balaban J connectivity index is 1.24. The number of carbonyl (C=O) groups is 1. The summed E-state index contributed by atoms with van der Waals surface area (Å²) in [6.07, 6.45) is 7.71. The normalized spacial score (nSPS) is 16.0. The second-order valence-electron chi connectivity index (χ2n) is 12.5. The first-order valence-electron chi connectivity index (χ1n) is 15.8. The molecule has 2 aromatic carbocycles. The van der Waals surface area contributed by atoms with E-state index >= 15 is 0 Å². The van der Waals surface area contributed by atoms with Crippen molar-refractivity contribution in [2.45, 2.75) is 45.4 Å². The lowest BCUT2D eigenvalue weighted by molar-refractivity contribution is 0.0156. The van der Waals surface area contributed by atoms with Crippen molar-refractivity contribution in [3.05, 3.63) is 103 Å². The van der Waals surface area contributed by atoms with E-state index in [9.17, 15) is 15.2 Å². The predicted octanol–water partition coefficient (Wildman–Crippen LogP) is 5.92. The van der Waals surface area contributed by atoms with E-state index in [1.165, 1.54) is 11.1 Å². The molecule has 1 aliphatic rings. The monoisotopic (exact) mass is 642 g/mol. The number of amides is 2. The number of anilines is 5. The van der Waals surface area contributed by atoms with Crippen LogP contribution >= 0.6 is 0 Å². The van der Waals surface area contributed by atoms with Crippen LogP contribution in [0.4, 0.5) is 33.8 Å². The van der Waals surface area contributed by atoms with Gasteiger partial charge in [-0.1, -0.05) is 30.3 Å². The van der Waals surface area contributed by atoms with Crippen LogP contribution in [0.5, 0.6) is 0 Å². The molecule has 3 aromatic heterocycles. The van der Waals surface area contributed by atoms with Crippen LogP contribution in [-0.4, -0.2) is 54.1 Å². The van der Waals surface area contributed by atoms with E-state index in [-0.39, 0.29) is 18.0 Å². The number of hydrogen-bond donors (Lipinski definition) is 3. The van der Waals surface area contributed by atoms with Crippen LogP contribution in [0, 0.1) is 17.2 Å². The summed E-state index contributed by atoms with van der Waals surface area (Å²) < 4.78 is 1.73. The first kappa shape index (κ1) is 32.2. The lowest BCUT2D eigenvalue weighted by Gasteiger charge is -2.32. The van der Waals surface area contributed by atoms with Crippen LogP contribution in [0.3, 0.4) is 0 Å². The third-order valence-corrected chi connectivity index (χ3v) is 8.71. The number of aliphatic hydroxyl groups is 1. The molecule has 2 atom stereocenters. The Morgan fingerprint density at radius 3 is 2.44 bits per heavy atom. The second-order valence-corrected chi connectivity index (χ2v) is 12.5. The molecule has 0 unspecified atom stereocenters. The number of hydrogen-bond acceptors (Lipinski definition) is 9. The van der Waals surface area contributed by atoms with E-state index in [1.807, 2.05) is 101 Å². The molecule has 2 amide bonds. The molecule has 6 rings (SSSR count). The van der Waals surface area contributed by atoms with Gasteiger partial charge in [0.1, 0.15) is 17.5 Å². The molecule has 1 fully saturated rings. The van der Waals surface area contributed by atoms with Gasteiger partial charge < -0.3 is 20.6 Å². The molecule has 244 valence electrons. The van der Waals surface area contributed by atoms with E-state index < -0.39 is 5.60 Å². The average molecular weight is 643 g/mol. The van der Waals surface area contributed by atoms with Gasteiger partial charge in [-0.15, -0.1) is 0 Å². The highest BCUT2D eigenvalue weighted by atomic mass is 16.3. The minimum Gasteiger partial charge on any atom is -0.390 e. The molecular weight excluding hydrogens is 604 g/mol. The van der Waals surface area contributed by atoms with Crippen LogP contribution in [0.1, 0.15) is 38.3 Å². The van der Waals surface area contributed by atoms with E-state index in [1.54, 1.807) is 17.1 Å². The molecule has 3 N–H and O–H groups in total. The summed E-state index contributed by atoms with van der Waals surface area (Å²) in [6.45, 7) is 6.72. The van der Waals surface area contributed by atoms with Gasteiger partial charge in [-0.3, -0.25) is 4.68 Å². The zero-order valence-corrected chi connectivity index (χ0v) is 27.4. The summed E-state index contributed by atoms with van der Waals surface area (Å²) in [5, 5.41) is 30.9. The Labute approximate surface area is 279 Å². The minimum atomic E-state index is -0.847. The van der Waals surface area contributed by atoms with E-state index in [4.69, 9.17) is 4.98 Å². The van der Waals surface area contributed by atoms with Gasteiger partial charge in [0.05, 0.1) is 23.7 Å². The number of benzene rings is 2. The van der Waals surface area contributed by atoms with Crippen molar-refractivity contribution in [3.63, 3.8) is 0 Å². The summed E-state index contributed by atoms with van der Waals surface area (Å²) in [5.74, 6) is 1.36. The van der Waals surface area contributed by atoms with Crippen molar-refractivity contribution >= 4 is 35.0 Å². The number of pyridine rings is 1. The highest BCUT2D eigenvalue weighted by Crippen LogP contribution is 2.37. The second kappa shape index (κ2) is 13.5. The number of nitriles is 1. The van der Waals surface area contributed by atoms with Crippen LogP contribution in [0.15, 0.2) is 91.5 Å². The summed E-state index contributed by atoms with van der Waals surface area (Å²) in [6, 6.07) is 22.6. The predicted molar refractivity (Wildman–Crippen MR) is 185 cm³/mol. The van der Waals surface area contributed by atoms with Gasteiger partial charge in [0, 0.05) is 61.3 Å². The quantitative estimate of drug-likeness (QED) is 0.178. The number of nitrogens with zero attached hydrogens (tertiary/aromatic N) is 8. The number of aryl methyl sites for hydroxylation is 1. The maximum atomic E-state index is 13.7. The molecule has 12 nitrogen and oxygen atoms in total. The standard InChI is InChI=1S/C36H38N10O2/c1-24-31(36(2,3)48)16-17-45(24)33-27(18-37)21-39-34(43-33)42-29-11-13-30(14-12-29)46(35(47)40-19-25-8-6-5-7-9-25)32-15-10-26(20-38-32)28-22-41-44(4)23-28/h5-15,20-24,31,48H,16-17,19H2,1-4H3,(H,40,47)(H,39,42,43)/t24-,31-/m0/s1. The zero-order chi connectivity index (χ0) is 33.8. The Kier molecular flexibility index (Phi) is 9.05. The zero-order valence-electron chi connectivity index (χ0n) is 27.4. The lowest BCUT2D eigenvalue weighted by Crippen LogP contribution is -2.40. The van der Waals surface area contributed by atoms with Gasteiger partial charge in [-0.2, -0.15) is 15.3 Å². The molecule has 4 heterocycles. The smallest absolute Gasteiger partial charge is 0.327 e. The molecule has 0 spiro atoms. The maximum Gasteiger partial charge on any atom is 0.327 e. The summed E-state index contributed by atoms with van der Waals surface area (Å²) in [4.78, 5) is 31.0. The molecule has 48 heavy (non-hydrogen) atoms. The van der Waals surface area contributed by atoms with Crippen LogP contribution in [0.25, 0.3) is 11.1 Å². The molecule has 1 aliphatic heterocycles. The van der Waals surface area contributed by atoms with E-state index in [0.717, 1.165) is 23.1 Å². The highest BCUT2D eigenvalue weighted by molar-refractivity contribution is 5.98. The van der Waals surface area contributed by atoms with Crippen LogP contribution in [-0.2, 0) is 13.6 Å². The van der Waals surface area contributed by atoms with Crippen molar-refractivity contribution in [3.8, 4) is 17.2 Å². The largest absolute Gasteiger partial charge is 0.390 e. The van der Waals surface area contributed by atoms with Crippen molar-refractivity contribution in [1.29, 1.82) is 5.26 Å². The molecule has 0 bridgehead atoms. The summed E-state index contributed by atoms with van der Waals surface area (Å²) in [7, 11) is 1.86. The van der Waals surface area contributed by atoms with Crippen molar-refractivity contribution < 1.29 is 9.90 Å². The van der Waals surface area contributed by atoms with Gasteiger partial charge in [0.15, 0.2) is 5.82 Å². The molecule has 0 saturated carbocycles. The number of aromatic nitrogens is 5. The van der Waals surface area contributed by atoms with Gasteiger partial charge in [-0.25, -0.2) is 19.7 Å². The molecular formula is C36H38N10O2. The highest BCUT2D eigenvalue weighted by Gasteiger charge is 2.41. The summed E-state index contributed by atoms with van der Waals surface area (Å²) in [5.41, 5.74) is 3.62. The average Bonchev–Trinajstić information content (AvgIpc) is 3.71.